The molecule has 2 fully saturated rings. The molecule has 2 aliphatic rings. The highest BCUT2D eigenvalue weighted by Gasteiger charge is 2.39. The van der Waals surface area contributed by atoms with E-state index >= 15 is 0 Å². The van der Waals surface area contributed by atoms with Crippen LogP contribution in [0.3, 0.4) is 0 Å². The van der Waals surface area contributed by atoms with Gasteiger partial charge < -0.3 is 11.1 Å². The maximum atomic E-state index is 11.9. The second-order valence-electron chi connectivity index (χ2n) is 5.99. The van der Waals surface area contributed by atoms with E-state index in [0.29, 0.717) is 12.1 Å². The van der Waals surface area contributed by atoms with Gasteiger partial charge in [0.05, 0.1) is 6.04 Å². The van der Waals surface area contributed by atoms with Crippen molar-refractivity contribution in [2.45, 2.75) is 64.2 Å². The van der Waals surface area contributed by atoms with Crippen molar-refractivity contribution in [3.05, 3.63) is 0 Å². The van der Waals surface area contributed by atoms with Gasteiger partial charge in [0, 0.05) is 24.7 Å². The Balaban J connectivity index is 0.00000162. The van der Waals surface area contributed by atoms with Crippen molar-refractivity contribution in [3.63, 3.8) is 0 Å². The lowest BCUT2D eigenvalue weighted by atomic mass is 10.0. The predicted octanol–water partition coefficient (Wildman–Crippen LogP) is 1.55. The smallest absolute Gasteiger partial charge is 0.237 e. The standard InChI is InChI=1S/C13H25N3O.2ClH/c1-8(2)12(14)13(17)15-10-6-9(3)16(7-10)11-4-5-11;;/h8-12H,4-7,14H2,1-3H3,(H,15,17);2*1H/t9?,10?,12-;;/m0../s1. The van der Waals surface area contributed by atoms with Crippen LogP contribution in [0, 0.1) is 5.92 Å². The maximum absolute atomic E-state index is 11.9. The van der Waals surface area contributed by atoms with Crippen LogP contribution in [0.1, 0.15) is 40.0 Å². The van der Waals surface area contributed by atoms with Crippen LogP contribution in [0.25, 0.3) is 0 Å². The molecule has 1 aliphatic carbocycles. The van der Waals surface area contributed by atoms with Crippen LogP contribution in [0.4, 0.5) is 0 Å². The Morgan fingerprint density at radius 1 is 1.32 bits per heavy atom. The zero-order valence-corrected chi connectivity index (χ0v) is 13.6. The SMILES string of the molecule is CC(C)[C@H](N)C(=O)NC1CC(C)N(C2CC2)C1.Cl.Cl. The van der Waals surface area contributed by atoms with Crippen LogP contribution in [-0.2, 0) is 4.79 Å². The molecular weight excluding hydrogens is 285 g/mol. The highest BCUT2D eigenvalue weighted by atomic mass is 35.5. The molecule has 1 amide bonds. The van der Waals surface area contributed by atoms with Crippen molar-refractivity contribution < 1.29 is 4.79 Å². The number of nitrogens with two attached hydrogens (primary N) is 1. The Morgan fingerprint density at radius 3 is 2.37 bits per heavy atom. The van der Waals surface area contributed by atoms with Crippen molar-refractivity contribution in [2.75, 3.05) is 6.54 Å². The fourth-order valence-corrected chi connectivity index (χ4v) is 2.68. The Kier molecular flexibility index (Phi) is 7.66. The molecule has 0 bridgehead atoms. The van der Waals surface area contributed by atoms with Crippen LogP contribution in [-0.4, -0.2) is 41.5 Å². The van der Waals surface area contributed by atoms with Crippen molar-refractivity contribution in [1.82, 2.24) is 10.2 Å². The van der Waals surface area contributed by atoms with Gasteiger partial charge in [-0.05, 0) is 32.1 Å². The molecule has 6 heteroatoms. The number of nitrogens with one attached hydrogen (secondary N) is 1. The molecule has 1 saturated carbocycles. The lowest BCUT2D eigenvalue weighted by Crippen LogP contribution is -2.48. The van der Waals surface area contributed by atoms with Gasteiger partial charge in [-0.3, -0.25) is 9.69 Å². The molecule has 114 valence electrons. The van der Waals surface area contributed by atoms with Gasteiger partial charge in [-0.2, -0.15) is 0 Å². The van der Waals surface area contributed by atoms with Crippen LogP contribution >= 0.6 is 24.8 Å². The van der Waals surface area contributed by atoms with Gasteiger partial charge in [0.25, 0.3) is 0 Å². The van der Waals surface area contributed by atoms with E-state index in [4.69, 9.17) is 5.73 Å². The van der Waals surface area contributed by atoms with Crippen molar-refractivity contribution in [3.8, 4) is 0 Å². The molecule has 3 atom stereocenters. The van der Waals surface area contributed by atoms with Gasteiger partial charge in [0.1, 0.15) is 0 Å². The third-order valence-electron chi connectivity index (χ3n) is 4.01. The molecule has 3 N–H and O–H groups in total. The highest BCUT2D eigenvalue weighted by molar-refractivity contribution is 5.85. The van der Waals surface area contributed by atoms with E-state index in [-0.39, 0.29) is 42.7 Å². The van der Waals surface area contributed by atoms with E-state index in [1.165, 1.54) is 12.8 Å². The first-order valence-electron chi connectivity index (χ1n) is 6.80. The summed E-state index contributed by atoms with van der Waals surface area (Å²) in [6, 6.07) is 1.30. The monoisotopic (exact) mass is 311 g/mol. The first-order valence-corrected chi connectivity index (χ1v) is 6.80. The molecule has 4 nitrogen and oxygen atoms in total. The lowest BCUT2D eigenvalue weighted by molar-refractivity contribution is -0.123. The summed E-state index contributed by atoms with van der Waals surface area (Å²) in [6.07, 6.45) is 3.72. The minimum absolute atomic E-state index is 0. The van der Waals surface area contributed by atoms with Crippen LogP contribution in [0.5, 0.6) is 0 Å². The summed E-state index contributed by atoms with van der Waals surface area (Å²) in [6.45, 7) is 7.23. The molecular formula is C13H27Cl2N3O. The summed E-state index contributed by atoms with van der Waals surface area (Å²) in [5.41, 5.74) is 5.85. The van der Waals surface area contributed by atoms with Gasteiger partial charge >= 0.3 is 0 Å². The van der Waals surface area contributed by atoms with Gasteiger partial charge in [0.15, 0.2) is 0 Å². The van der Waals surface area contributed by atoms with Crippen LogP contribution in [0.2, 0.25) is 0 Å². The number of carbonyl (C=O) groups is 1. The number of carbonyl (C=O) groups excluding carboxylic acids is 1. The summed E-state index contributed by atoms with van der Waals surface area (Å²) >= 11 is 0. The quantitative estimate of drug-likeness (QED) is 0.828. The first kappa shape index (κ1) is 19.0. The molecule has 2 unspecified atom stereocenters. The summed E-state index contributed by atoms with van der Waals surface area (Å²) in [7, 11) is 0. The van der Waals surface area contributed by atoms with Crippen LogP contribution in [0.15, 0.2) is 0 Å². The van der Waals surface area contributed by atoms with Gasteiger partial charge in [-0.25, -0.2) is 0 Å². The fraction of sp³-hybridized carbons (Fsp3) is 0.923. The molecule has 0 aromatic carbocycles. The second kappa shape index (κ2) is 7.67. The fourth-order valence-electron chi connectivity index (χ4n) is 2.68. The van der Waals surface area contributed by atoms with E-state index in [2.05, 4.69) is 17.1 Å². The average molecular weight is 312 g/mol. The van der Waals surface area contributed by atoms with Gasteiger partial charge in [0.2, 0.25) is 5.91 Å². The Hall–Kier alpha value is -0.0300. The number of likely N-dealkylation sites (tertiary alicyclic amines) is 1. The lowest BCUT2D eigenvalue weighted by Gasteiger charge is -2.20. The third kappa shape index (κ3) is 4.78. The second-order valence-corrected chi connectivity index (χ2v) is 5.99. The summed E-state index contributed by atoms with van der Waals surface area (Å²) in [5, 5.41) is 3.10. The van der Waals surface area contributed by atoms with Crippen molar-refractivity contribution >= 4 is 30.7 Å². The normalized spacial score (nSPS) is 28.5. The van der Waals surface area contributed by atoms with E-state index < -0.39 is 0 Å². The molecule has 0 aromatic heterocycles. The summed E-state index contributed by atoms with van der Waals surface area (Å²) < 4.78 is 0. The predicted molar refractivity (Wildman–Crippen MR) is 83.0 cm³/mol. The topological polar surface area (TPSA) is 58.4 Å². The zero-order valence-electron chi connectivity index (χ0n) is 12.0. The van der Waals surface area contributed by atoms with Crippen LogP contribution < -0.4 is 11.1 Å². The number of hydrogen-bond acceptors (Lipinski definition) is 3. The van der Waals surface area contributed by atoms with Crippen molar-refractivity contribution in [2.24, 2.45) is 11.7 Å². The Labute approximate surface area is 128 Å². The molecule has 1 saturated heterocycles. The average Bonchev–Trinajstić information content (AvgIpc) is 3.03. The Bertz CT molecular complexity index is 298. The number of halogens is 2. The maximum Gasteiger partial charge on any atom is 0.237 e. The molecule has 0 aromatic rings. The van der Waals surface area contributed by atoms with E-state index in [1.807, 2.05) is 13.8 Å². The van der Waals surface area contributed by atoms with E-state index in [0.717, 1.165) is 19.0 Å². The van der Waals surface area contributed by atoms with Crippen molar-refractivity contribution in [1.29, 1.82) is 0 Å². The highest BCUT2D eigenvalue weighted by Crippen LogP contribution is 2.33. The number of hydrogen-bond donors (Lipinski definition) is 2. The molecule has 2 rings (SSSR count). The zero-order chi connectivity index (χ0) is 12.6. The third-order valence-corrected chi connectivity index (χ3v) is 4.01. The summed E-state index contributed by atoms with van der Waals surface area (Å²) in [5.74, 6) is 0.211. The first-order chi connectivity index (χ1) is 7.99. The van der Waals surface area contributed by atoms with Gasteiger partial charge in [-0.1, -0.05) is 13.8 Å². The molecule has 1 aliphatic heterocycles. The van der Waals surface area contributed by atoms with E-state index in [1.54, 1.807) is 0 Å². The van der Waals surface area contributed by atoms with E-state index in [9.17, 15) is 4.79 Å². The molecule has 19 heavy (non-hydrogen) atoms. The minimum atomic E-state index is -0.375. The molecule has 1 heterocycles. The number of rotatable bonds is 4. The summed E-state index contributed by atoms with van der Waals surface area (Å²) in [4.78, 5) is 14.4. The minimum Gasteiger partial charge on any atom is -0.351 e. The molecule has 0 radical (unpaired) electrons. The Morgan fingerprint density at radius 2 is 1.89 bits per heavy atom. The van der Waals surface area contributed by atoms with Gasteiger partial charge in [-0.15, -0.1) is 24.8 Å². The number of amides is 1. The number of nitrogens with zero attached hydrogens (tertiary/aromatic N) is 1. The largest absolute Gasteiger partial charge is 0.351 e. The molecule has 0 spiro atoms.